The summed E-state index contributed by atoms with van der Waals surface area (Å²) in [6.07, 6.45) is 2.74. The Morgan fingerprint density at radius 2 is 1.50 bits per heavy atom. The monoisotopic (exact) mass is 174 g/mol. The molecule has 2 nitrogen and oxygen atoms in total. The van der Waals surface area contributed by atoms with E-state index in [2.05, 4.69) is 20.8 Å². The van der Waals surface area contributed by atoms with Crippen LogP contribution >= 0.6 is 0 Å². The summed E-state index contributed by atoms with van der Waals surface area (Å²) in [5, 5.41) is 18.2. The van der Waals surface area contributed by atoms with Gasteiger partial charge in [0, 0.05) is 0 Å². The van der Waals surface area contributed by atoms with Gasteiger partial charge in [-0.15, -0.1) is 0 Å². The fraction of sp³-hybridized carbons (Fsp3) is 1.00. The Labute approximate surface area is 75.6 Å². The van der Waals surface area contributed by atoms with Crippen molar-refractivity contribution in [3.8, 4) is 0 Å². The zero-order valence-electron chi connectivity index (χ0n) is 8.72. The van der Waals surface area contributed by atoms with Gasteiger partial charge in [-0.05, 0) is 31.6 Å². The molecule has 74 valence electrons. The number of aliphatic hydroxyl groups excluding tert-OH is 1. The highest BCUT2D eigenvalue weighted by Crippen LogP contribution is 2.24. The zero-order valence-corrected chi connectivity index (χ0v) is 8.72. The van der Waals surface area contributed by atoms with Crippen molar-refractivity contribution in [3.05, 3.63) is 0 Å². The van der Waals surface area contributed by atoms with Crippen LogP contribution in [-0.2, 0) is 0 Å². The third-order valence-corrected chi connectivity index (χ3v) is 1.98. The van der Waals surface area contributed by atoms with Gasteiger partial charge in [0.15, 0.2) is 0 Å². The molecule has 0 spiro atoms. The second kappa shape index (κ2) is 4.24. The van der Waals surface area contributed by atoms with Crippen LogP contribution in [0.1, 0.15) is 47.0 Å². The number of hydrogen-bond acceptors (Lipinski definition) is 2. The van der Waals surface area contributed by atoms with Crippen LogP contribution in [0.15, 0.2) is 0 Å². The van der Waals surface area contributed by atoms with Gasteiger partial charge in [-0.1, -0.05) is 20.8 Å². The molecule has 0 aromatic heterocycles. The standard InChI is InChI=1S/C10H22O2/c1-9(2,3)6-5-7-10(4,12)8-11/h11-12H,5-8H2,1-4H3/t10-/m1/s1. The molecule has 0 radical (unpaired) electrons. The van der Waals surface area contributed by atoms with Crippen molar-refractivity contribution >= 4 is 0 Å². The minimum absolute atomic E-state index is 0.142. The summed E-state index contributed by atoms with van der Waals surface area (Å²) < 4.78 is 0. The van der Waals surface area contributed by atoms with Crippen LogP contribution in [-0.4, -0.2) is 22.4 Å². The van der Waals surface area contributed by atoms with Crippen LogP contribution < -0.4 is 0 Å². The van der Waals surface area contributed by atoms with Gasteiger partial charge >= 0.3 is 0 Å². The van der Waals surface area contributed by atoms with E-state index in [1.165, 1.54) is 0 Å². The summed E-state index contributed by atoms with van der Waals surface area (Å²) in [4.78, 5) is 0. The van der Waals surface area contributed by atoms with Gasteiger partial charge in [0.25, 0.3) is 0 Å². The van der Waals surface area contributed by atoms with Crippen molar-refractivity contribution in [2.24, 2.45) is 5.41 Å². The molecule has 0 fully saturated rings. The van der Waals surface area contributed by atoms with E-state index in [1.54, 1.807) is 6.92 Å². The molecule has 2 heteroatoms. The summed E-state index contributed by atoms with van der Waals surface area (Å²) in [6, 6.07) is 0. The van der Waals surface area contributed by atoms with Crippen molar-refractivity contribution in [1.29, 1.82) is 0 Å². The first-order valence-corrected chi connectivity index (χ1v) is 4.60. The summed E-state index contributed by atoms with van der Waals surface area (Å²) in [7, 11) is 0. The van der Waals surface area contributed by atoms with Crippen LogP contribution in [0, 0.1) is 5.41 Å². The predicted molar refractivity (Wildman–Crippen MR) is 51.0 cm³/mol. The smallest absolute Gasteiger partial charge is 0.0849 e. The lowest BCUT2D eigenvalue weighted by molar-refractivity contribution is -0.00834. The molecular weight excluding hydrogens is 152 g/mol. The van der Waals surface area contributed by atoms with Crippen LogP contribution in [0.5, 0.6) is 0 Å². The van der Waals surface area contributed by atoms with Crippen molar-refractivity contribution in [1.82, 2.24) is 0 Å². The molecule has 0 saturated heterocycles. The maximum Gasteiger partial charge on any atom is 0.0849 e. The highest BCUT2D eigenvalue weighted by molar-refractivity contribution is 4.72. The highest BCUT2D eigenvalue weighted by atomic mass is 16.3. The van der Waals surface area contributed by atoms with Gasteiger partial charge in [-0.25, -0.2) is 0 Å². The topological polar surface area (TPSA) is 40.5 Å². The second-order valence-corrected chi connectivity index (χ2v) is 5.07. The molecule has 2 N–H and O–H groups in total. The van der Waals surface area contributed by atoms with Gasteiger partial charge in [0.05, 0.1) is 12.2 Å². The van der Waals surface area contributed by atoms with E-state index in [9.17, 15) is 5.11 Å². The minimum atomic E-state index is -0.884. The average Bonchev–Trinajstić information content (AvgIpc) is 1.84. The fourth-order valence-corrected chi connectivity index (χ4v) is 1.08. The van der Waals surface area contributed by atoms with Gasteiger partial charge in [0.2, 0.25) is 0 Å². The predicted octanol–water partition coefficient (Wildman–Crippen LogP) is 1.95. The van der Waals surface area contributed by atoms with E-state index in [-0.39, 0.29) is 6.61 Å². The van der Waals surface area contributed by atoms with Crippen molar-refractivity contribution < 1.29 is 10.2 Å². The van der Waals surface area contributed by atoms with E-state index >= 15 is 0 Å². The van der Waals surface area contributed by atoms with Crippen LogP contribution in [0.3, 0.4) is 0 Å². The Balaban J connectivity index is 3.57. The molecule has 0 amide bonds. The van der Waals surface area contributed by atoms with Crippen LogP contribution in [0.4, 0.5) is 0 Å². The van der Waals surface area contributed by atoms with E-state index in [1.807, 2.05) is 0 Å². The Bertz CT molecular complexity index is 122. The minimum Gasteiger partial charge on any atom is -0.393 e. The third-order valence-electron chi connectivity index (χ3n) is 1.98. The molecule has 0 bridgehead atoms. The molecule has 1 atom stereocenters. The Morgan fingerprint density at radius 3 is 1.83 bits per heavy atom. The first kappa shape index (κ1) is 11.9. The van der Waals surface area contributed by atoms with E-state index < -0.39 is 5.60 Å². The van der Waals surface area contributed by atoms with Crippen molar-refractivity contribution in [2.75, 3.05) is 6.61 Å². The molecular formula is C10H22O2. The lowest BCUT2D eigenvalue weighted by atomic mass is 9.87. The summed E-state index contributed by atoms with van der Waals surface area (Å²) in [5.74, 6) is 0. The van der Waals surface area contributed by atoms with Crippen LogP contribution in [0.25, 0.3) is 0 Å². The van der Waals surface area contributed by atoms with E-state index in [4.69, 9.17) is 5.11 Å². The molecule has 0 aromatic carbocycles. The SMILES string of the molecule is CC(C)(C)CCC[C@@](C)(O)CO. The summed E-state index contributed by atoms with van der Waals surface area (Å²) in [6.45, 7) is 8.08. The number of aliphatic hydroxyl groups is 2. The largest absolute Gasteiger partial charge is 0.393 e. The van der Waals surface area contributed by atoms with E-state index in [0.29, 0.717) is 11.8 Å². The van der Waals surface area contributed by atoms with Crippen LogP contribution in [0.2, 0.25) is 0 Å². The molecule has 0 aliphatic carbocycles. The van der Waals surface area contributed by atoms with Gasteiger partial charge in [0.1, 0.15) is 0 Å². The van der Waals surface area contributed by atoms with Crippen molar-refractivity contribution in [2.45, 2.75) is 52.6 Å². The van der Waals surface area contributed by atoms with Gasteiger partial charge < -0.3 is 10.2 Å². The number of hydrogen-bond donors (Lipinski definition) is 2. The molecule has 0 rings (SSSR count). The lowest BCUT2D eigenvalue weighted by Crippen LogP contribution is -2.29. The molecule has 0 unspecified atom stereocenters. The third kappa shape index (κ3) is 6.62. The van der Waals surface area contributed by atoms with Gasteiger partial charge in [-0.2, -0.15) is 0 Å². The first-order valence-electron chi connectivity index (χ1n) is 4.60. The molecule has 0 aliphatic rings. The summed E-state index contributed by atoms with van der Waals surface area (Å²) in [5.41, 5.74) is -0.559. The molecule has 0 aliphatic heterocycles. The molecule has 0 heterocycles. The van der Waals surface area contributed by atoms with Crippen molar-refractivity contribution in [3.63, 3.8) is 0 Å². The Kier molecular flexibility index (Phi) is 4.21. The maximum atomic E-state index is 9.47. The first-order chi connectivity index (χ1) is 5.27. The normalized spacial score (nSPS) is 17.5. The van der Waals surface area contributed by atoms with E-state index in [0.717, 1.165) is 12.8 Å². The fourth-order valence-electron chi connectivity index (χ4n) is 1.08. The number of rotatable bonds is 4. The zero-order chi connectivity index (χ0) is 9.83. The Hall–Kier alpha value is -0.0800. The highest BCUT2D eigenvalue weighted by Gasteiger charge is 2.19. The maximum absolute atomic E-state index is 9.47. The summed E-state index contributed by atoms with van der Waals surface area (Å²) >= 11 is 0. The quantitative estimate of drug-likeness (QED) is 0.684. The van der Waals surface area contributed by atoms with Gasteiger partial charge in [-0.3, -0.25) is 0 Å². The Morgan fingerprint density at radius 1 is 1.00 bits per heavy atom. The average molecular weight is 174 g/mol. The molecule has 12 heavy (non-hydrogen) atoms. The molecule has 0 saturated carbocycles. The second-order valence-electron chi connectivity index (χ2n) is 5.07. The lowest BCUT2D eigenvalue weighted by Gasteiger charge is -2.23. The molecule has 0 aromatic rings.